The Hall–Kier alpha value is -3.19. The highest BCUT2D eigenvalue weighted by Crippen LogP contribution is 2.31. The SMILES string of the molecule is COc1cccc(C2OCCN(c3ccc4c(c3)C(=O)NC4=O)C2=O)c1. The van der Waals surface area contributed by atoms with Crippen LogP contribution in [0.5, 0.6) is 5.75 Å². The van der Waals surface area contributed by atoms with E-state index in [1.54, 1.807) is 48.4 Å². The molecule has 26 heavy (non-hydrogen) atoms. The second kappa shape index (κ2) is 6.27. The number of ether oxygens (including phenoxy) is 2. The molecule has 2 aromatic rings. The number of hydrogen-bond acceptors (Lipinski definition) is 5. The van der Waals surface area contributed by atoms with Crippen molar-refractivity contribution in [1.29, 1.82) is 0 Å². The fourth-order valence-electron chi connectivity index (χ4n) is 3.21. The summed E-state index contributed by atoms with van der Waals surface area (Å²) in [5.74, 6) is -0.450. The van der Waals surface area contributed by atoms with Crippen molar-refractivity contribution in [2.24, 2.45) is 0 Å². The van der Waals surface area contributed by atoms with E-state index in [1.165, 1.54) is 0 Å². The van der Waals surface area contributed by atoms with Crippen LogP contribution in [-0.2, 0) is 9.53 Å². The molecule has 0 radical (unpaired) electrons. The van der Waals surface area contributed by atoms with Crippen molar-refractivity contribution < 1.29 is 23.9 Å². The van der Waals surface area contributed by atoms with Gasteiger partial charge in [0.2, 0.25) is 0 Å². The molecular weight excluding hydrogens is 336 g/mol. The molecule has 0 aliphatic carbocycles. The first kappa shape index (κ1) is 16.3. The predicted molar refractivity (Wildman–Crippen MR) is 92.3 cm³/mol. The van der Waals surface area contributed by atoms with E-state index in [1.807, 2.05) is 6.07 Å². The van der Waals surface area contributed by atoms with Crippen molar-refractivity contribution >= 4 is 23.4 Å². The maximum Gasteiger partial charge on any atom is 0.260 e. The summed E-state index contributed by atoms with van der Waals surface area (Å²) in [6, 6.07) is 12.0. The smallest absolute Gasteiger partial charge is 0.260 e. The summed E-state index contributed by atoms with van der Waals surface area (Å²) in [6.45, 7) is 0.726. The number of rotatable bonds is 3. The first-order chi connectivity index (χ1) is 12.6. The van der Waals surface area contributed by atoms with Gasteiger partial charge in [-0.3, -0.25) is 19.7 Å². The van der Waals surface area contributed by atoms with Crippen LogP contribution in [0.1, 0.15) is 32.4 Å². The van der Waals surface area contributed by atoms with E-state index < -0.39 is 17.9 Å². The highest BCUT2D eigenvalue weighted by molar-refractivity contribution is 6.22. The van der Waals surface area contributed by atoms with Gasteiger partial charge in [0.05, 0.1) is 24.8 Å². The van der Waals surface area contributed by atoms with Crippen molar-refractivity contribution in [2.45, 2.75) is 6.10 Å². The number of methoxy groups -OCH3 is 1. The lowest BCUT2D eigenvalue weighted by Gasteiger charge is -2.33. The van der Waals surface area contributed by atoms with Crippen molar-refractivity contribution in [3.63, 3.8) is 0 Å². The van der Waals surface area contributed by atoms with E-state index >= 15 is 0 Å². The molecule has 2 aliphatic rings. The lowest BCUT2D eigenvalue weighted by atomic mass is 10.0. The summed E-state index contributed by atoms with van der Waals surface area (Å²) in [4.78, 5) is 38.1. The van der Waals surface area contributed by atoms with Gasteiger partial charge in [-0.05, 0) is 35.9 Å². The molecule has 7 nitrogen and oxygen atoms in total. The topological polar surface area (TPSA) is 84.9 Å². The van der Waals surface area contributed by atoms with Crippen LogP contribution in [0.4, 0.5) is 5.69 Å². The van der Waals surface area contributed by atoms with Crippen LogP contribution in [0.25, 0.3) is 0 Å². The highest BCUT2D eigenvalue weighted by atomic mass is 16.5. The number of carbonyl (C=O) groups is 3. The molecule has 0 bridgehead atoms. The summed E-state index contributed by atoms with van der Waals surface area (Å²) in [5, 5.41) is 2.25. The molecule has 0 aromatic heterocycles. The molecule has 1 saturated heterocycles. The normalized spacial score (nSPS) is 19.3. The molecule has 1 N–H and O–H groups in total. The van der Waals surface area contributed by atoms with Gasteiger partial charge in [-0.2, -0.15) is 0 Å². The van der Waals surface area contributed by atoms with Crippen LogP contribution in [0.2, 0.25) is 0 Å². The molecule has 2 aliphatic heterocycles. The summed E-state index contributed by atoms with van der Waals surface area (Å²) in [6.07, 6.45) is -0.748. The zero-order chi connectivity index (χ0) is 18.3. The molecule has 7 heteroatoms. The van der Waals surface area contributed by atoms with E-state index in [4.69, 9.17) is 9.47 Å². The van der Waals surface area contributed by atoms with Gasteiger partial charge in [0.15, 0.2) is 6.10 Å². The van der Waals surface area contributed by atoms with Gasteiger partial charge in [0.25, 0.3) is 17.7 Å². The standard InChI is InChI=1S/C19H16N2O5/c1-25-13-4-2-3-11(9-13)16-19(24)21(7-8-26-16)12-5-6-14-15(10-12)18(23)20-17(14)22/h2-6,9-10,16H,7-8H2,1H3,(H,20,22,23). The predicted octanol–water partition coefficient (Wildman–Crippen LogP) is 1.68. The lowest BCUT2D eigenvalue weighted by molar-refractivity contribution is -0.134. The third-order valence-electron chi connectivity index (χ3n) is 4.52. The van der Waals surface area contributed by atoms with Gasteiger partial charge in [0.1, 0.15) is 5.75 Å². The van der Waals surface area contributed by atoms with Crippen molar-refractivity contribution in [3.05, 3.63) is 59.2 Å². The molecular formula is C19H16N2O5. The van der Waals surface area contributed by atoms with Gasteiger partial charge in [-0.25, -0.2) is 0 Å². The molecule has 2 heterocycles. The van der Waals surface area contributed by atoms with Crippen LogP contribution in [0.15, 0.2) is 42.5 Å². The molecule has 0 saturated carbocycles. The molecule has 3 amide bonds. The lowest BCUT2D eigenvalue weighted by Crippen LogP contribution is -2.43. The quantitative estimate of drug-likeness (QED) is 0.850. The number of morpholine rings is 1. The first-order valence-electron chi connectivity index (χ1n) is 8.15. The number of anilines is 1. The fourth-order valence-corrected chi connectivity index (χ4v) is 3.21. The summed E-state index contributed by atoms with van der Waals surface area (Å²) in [7, 11) is 1.56. The molecule has 2 aromatic carbocycles. The van der Waals surface area contributed by atoms with Crippen LogP contribution in [-0.4, -0.2) is 38.0 Å². The van der Waals surface area contributed by atoms with E-state index in [2.05, 4.69) is 5.32 Å². The van der Waals surface area contributed by atoms with Crippen LogP contribution < -0.4 is 15.0 Å². The number of carbonyl (C=O) groups excluding carboxylic acids is 3. The van der Waals surface area contributed by atoms with Gasteiger partial charge >= 0.3 is 0 Å². The second-order valence-corrected chi connectivity index (χ2v) is 6.03. The third-order valence-corrected chi connectivity index (χ3v) is 4.52. The monoisotopic (exact) mass is 352 g/mol. The van der Waals surface area contributed by atoms with Gasteiger partial charge in [0, 0.05) is 12.2 Å². The molecule has 4 rings (SSSR count). The first-order valence-corrected chi connectivity index (χ1v) is 8.15. The minimum absolute atomic E-state index is 0.228. The number of nitrogens with zero attached hydrogens (tertiary/aromatic N) is 1. The number of nitrogens with one attached hydrogen (secondary N) is 1. The maximum atomic E-state index is 13.0. The van der Waals surface area contributed by atoms with Gasteiger partial charge < -0.3 is 14.4 Å². The zero-order valence-electron chi connectivity index (χ0n) is 14.0. The number of hydrogen-bond donors (Lipinski definition) is 1. The third kappa shape index (κ3) is 2.62. The van der Waals surface area contributed by atoms with E-state index in [-0.39, 0.29) is 11.5 Å². The van der Waals surface area contributed by atoms with Crippen LogP contribution in [0.3, 0.4) is 0 Å². The Kier molecular flexibility index (Phi) is 3.93. The number of amides is 3. The Bertz CT molecular complexity index is 924. The Labute approximate surface area is 149 Å². The Morgan fingerprint density at radius 1 is 1.08 bits per heavy atom. The van der Waals surface area contributed by atoms with Crippen LogP contribution in [0, 0.1) is 0 Å². The average Bonchev–Trinajstić information content (AvgIpc) is 2.95. The van der Waals surface area contributed by atoms with Crippen molar-refractivity contribution in [1.82, 2.24) is 5.32 Å². The van der Waals surface area contributed by atoms with E-state index in [0.717, 1.165) is 0 Å². The van der Waals surface area contributed by atoms with E-state index in [9.17, 15) is 14.4 Å². The zero-order valence-corrected chi connectivity index (χ0v) is 14.0. The maximum absolute atomic E-state index is 13.0. The largest absolute Gasteiger partial charge is 0.497 e. The molecule has 1 fully saturated rings. The Morgan fingerprint density at radius 3 is 2.69 bits per heavy atom. The summed E-state index contributed by atoms with van der Waals surface area (Å²) in [5.41, 5.74) is 1.87. The summed E-state index contributed by atoms with van der Waals surface area (Å²) >= 11 is 0. The molecule has 0 spiro atoms. The van der Waals surface area contributed by atoms with Gasteiger partial charge in [-0.1, -0.05) is 12.1 Å². The van der Waals surface area contributed by atoms with Crippen molar-refractivity contribution in [3.8, 4) is 5.75 Å². The minimum atomic E-state index is -0.748. The molecule has 1 unspecified atom stereocenters. The summed E-state index contributed by atoms with van der Waals surface area (Å²) < 4.78 is 10.9. The average molecular weight is 352 g/mol. The van der Waals surface area contributed by atoms with E-state index in [0.29, 0.717) is 35.7 Å². The second-order valence-electron chi connectivity index (χ2n) is 6.03. The van der Waals surface area contributed by atoms with Crippen LogP contribution >= 0.6 is 0 Å². The Balaban J connectivity index is 1.66. The molecule has 132 valence electrons. The number of fused-ring (bicyclic) bond motifs is 1. The minimum Gasteiger partial charge on any atom is -0.497 e. The van der Waals surface area contributed by atoms with Gasteiger partial charge in [-0.15, -0.1) is 0 Å². The highest BCUT2D eigenvalue weighted by Gasteiger charge is 2.34. The number of benzene rings is 2. The fraction of sp³-hybridized carbons (Fsp3) is 0.211. The Morgan fingerprint density at radius 2 is 1.88 bits per heavy atom. The number of imide groups is 1. The van der Waals surface area contributed by atoms with Crippen molar-refractivity contribution in [2.75, 3.05) is 25.2 Å². The molecule has 1 atom stereocenters.